The number of carbonyl (C=O) groups is 2. The highest BCUT2D eigenvalue weighted by molar-refractivity contribution is 5.84. The van der Waals surface area contributed by atoms with Crippen LogP contribution < -0.4 is 16.4 Å². The zero-order chi connectivity index (χ0) is 23.4. The molecule has 8 heteroatoms. The topological polar surface area (TPSA) is 99.9 Å². The average Bonchev–Trinajstić information content (AvgIpc) is 2.84. The molecule has 5 unspecified atom stereocenters. The molecular formula is C25H45N5O3. The largest absolute Gasteiger partial charge is 0.381 e. The smallest absolute Gasteiger partial charge is 0.229 e. The second-order valence-corrected chi connectivity index (χ2v) is 10.6. The van der Waals surface area contributed by atoms with Gasteiger partial charge in [-0.3, -0.25) is 19.8 Å². The van der Waals surface area contributed by atoms with E-state index >= 15 is 0 Å². The van der Waals surface area contributed by atoms with Gasteiger partial charge in [0.1, 0.15) is 0 Å². The van der Waals surface area contributed by atoms with Crippen LogP contribution in [0.4, 0.5) is 0 Å². The maximum atomic E-state index is 13.4. The van der Waals surface area contributed by atoms with Gasteiger partial charge >= 0.3 is 0 Å². The zero-order valence-corrected chi connectivity index (χ0v) is 20.6. The minimum atomic E-state index is -0.356. The fourth-order valence-electron chi connectivity index (χ4n) is 6.49. The van der Waals surface area contributed by atoms with E-state index < -0.39 is 0 Å². The summed E-state index contributed by atoms with van der Waals surface area (Å²) in [6.07, 6.45) is 11.5. The third-order valence-corrected chi connectivity index (χ3v) is 8.59. The van der Waals surface area contributed by atoms with Crippen LogP contribution in [0.1, 0.15) is 77.6 Å². The summed E-state index contributed by atoms with van der Waals surface area (Å²) in [5, 5.41) is 6.92. The lowest BCUT2D eigenvalue weighted by molar-refractivity contribution is -0.162. The first-order chi connectivity index (χ1) is 16.0. The number of methoxy groups -OCH3 is 1. The van der Waals surface area contributed by atoms with Crippen LogP contribution in [-0.2, 0) is 14.3 Å². The minimum absolute atomic E-state index is 0.0154. The van der Waals surface area contributed by atoms with Gasteiger partial charge in [0.05, 0.1) is 36.4 Å². The normalized spacial score (nSPS) is 37.4. The zero-order valence-electron chi connectivity index (χ0n) is 20.6. The molecule has 2 amide bonds. The Hall–Kier alpha value is -1.22. The molecule has 0 aromatic carbocycles. The van der Waals surface area contributed by atoms with Crippen molar-refractivity contribution in [3.05, 3.63) is 0 Å². The van der Waals surface area contributed by atoms with Crippen molar-refractivity contribution < 1.29 is 14.3 Å². The lowest BCUT2D eigenvalue weighted by Crippen LogP contribution is -2.74. The van der Waals surface area contributed by atoms with Crippen molar-refractivity contribution in [1.29, 1.82) is 0 Å². The summed E-state index contributed by atoms with van der Waals surface area (Å²) in [6.45, 7) is 4.49. The maximum absolute atomic E-state index is 13.4. The lowest BCUT2D eigenvalue weighted by Gasteiger charge is -2.55. The Labute approximate surface area is 199 Å². The van der Waals surface area contributed by atoms with Gasteiger partial charge in [-0.05, 0) is 70.1 Å². The van der Waals surface area contributed by atoms with Crippen LogP contribution >= 0.6 is 0 Å². The summed E-state index contributed by atoms with van der Waals surface area (Å²) >= 11 is 0. The van der Waals surface area contributed by atoms with Gasteiger partial charge in [-0.1, -0.05) is 13.3 Å². The van der Waals surface area contributed by atoms with Crippen molar-refractivity contribution in [2.24, 2.45) is 23.5 Å². The molecule has 1 saturated carbocycles. The number of likely N-dealkylation sites (tertiary alicyclic amines) is 1. The van der Waals surface area contributed by atoms with E-state index in [2.05, 4.69) is 22.5 Å². The molecule has 188 valence electrons. The summed E-state index contributed by atoms with van der Waals surface area (Å²) in [5.74, 6) is 0.337. The third-order valence-electron chi connectivity index (χ3n) is 8.59. The number of nitrogens with two attached hydrogens (primary N) is 1. The van der Waals surface area contributed by atoms with Gasteiger partial charge in [-0.2, -0.15) is 0 Å². The summed E-state index contributed by atoms with van der Waals surface area (Å²) < 4.78 is 5.47. The van der Waals surface area contributed by atoms with Crippen molar-refractivity contribution >= 4 is 11.8 Å². The fraction of sp³-hybridized carbons (Fsp3) is 0.920. The predicted molar refractivity (Wildman–Crippen MR) is 128 cm³/mol. The second-order valence-electron chi connectivity index (χ2n) is 10.6. The van der Waals surface area contributed by atoms with Crippen molar-refractivity contribution in [3.63, 3.8) is 0 Å². The van der Waals surface area contributed by atoms with Gasteiger partial charge in [-0.15, -0.1) is 0 Å². The summed E-state index contributed by atoms with van der Waals surface area (Å²) in [6, 6.07) is 0. The Balaban J connectivity index is 1.37. The van der Waals surface area contributed by atoms with E-state index in [1.807, 2.05) is 4.90 Å². The van der Waals surface area contributed by atoms with Crippen LogP contribution in [0.5, 0.6) is 0 Å². The first-order valence-corrected chi connectivity index (χ1v) is 13.4. The van der Waals surface area contributed by atoms with Crippen LogP contribution in [0.2, 0.25) is 0 Å². The minimum Gasteiger partial charge on any atom is -0.381 e. The molecule has 3 aliphatic heterocycles. The van der Waals surface area contributed by atoms with E-state index in [9.17, 15) is 9.59 Å². The molecule has 3 saturated heterocycles. The Bertz CT molecular complexity index is 668. The first-order valence-electron chi connectivity index (χ1n) is 13.4. The molecule has 0 aromatic rings. The molecule has 4 N–H and O–H groups in total. The monoisotopic (exact) mass is 463 g/mol. The number of rotatable bonds is 8. The number of piperidine rings is 2. The molecule has 5 atom stereocenters. The molecule has 0 radical (unpaired) electrons. The molecule has 4 aliphatic rings. The van der Waals surface area contributed by atoms with Crippen molar-refractivity contribution in [2.45, 2.75) is 102 Å². The van der Waals surface area contributed by atoms with Gasteiger partial charge in [0.15, 0.2) is 0 Å². The van der Waals surface area contributed by atoms with E-state index in [4.69, 9.17) is 10.5 Å². The van der Waals surface area contributed by atoms with E-state index in [0.717, 1.165) is 64.5 Å². The van der Waals surface area contributed by atoms with E-state index in [-0.39, 0.29) is 42.1 Å². The van der Waals surface area contributed by atoms with Crippen LogP contribution in [0.15, 0.2) is 0 Å². The standard InChI is InChI=1S/C25H45N5O3/c1-3-4-14-30-22(26)19(24(31)27-13-12-17-8-10-18(33-2)11-9-17)16-20-23(30)28-21-7-5-6-15-29(21)25(20)32/h17-23,28H,3-16,26H2,1-2H3,(H,27,31). The highest BCUT2D eigenvalue weighted by Gasteiger charge is 2.52. The number of amides is 2. The molecule has 1 aliphatic carbocycles. The van der Waals surface area contributed by atoms with Crippen LogP contribution in [-0.4, -0.2) is 73.0 Å². The van der Waals surface area contributed by atoms with Gasteiger partial charge in [-0.25, -0.2) is 0 Å². The second kappa shape index (κ2) is 11.5. The van der Waals surface area contributed by atoms with Crippen molar-refractivity contribution in [1.82, 2.24) is 20.4 Å². The molecule has 0 bridgehead atoms. The van der Waals surface area contributed by atoms with Crippen LogP contribution in [0, 0.1) is 17.8 Å². The molecule has 0 spiro atoms. The summed E-state index contributed by atoms with van der Waals surface area (Å²) in [4.78, 5) is 30.9. The number of nitrogens with zero attached hydrogens (tertiary/aromatic N) is 2. The number of hydrogen-bond donors (Lipinski definition) is 3. The van der Waals surface area contributed by atoms with Gasteiger partial charge in [0.25, 0.3) is 0 Å². The number of ether oxygens (including phenoxy) is 1. The highest BCUT2D eigenvalue weighted by Crippen LogP contribution is 2.36. The molecular weight excluding hydrogens is 418 g/mol. The number of carbonyl (C=O) groups excluding carboxylic acids is 2. The molecule has 3 heterocycles. The van der Waals surface area contributed by atoms with Crippen molar-refractivity contribution in [3.8, 4) is 0 Å². The average molecular weight is 464 g/mol. The third kappa shape index (κ3) is 5.55. The van der Waals surface area contributed by atoms with E-state index in [1.165, 1.54) is 12.8 Å². The lowest BCUT2D eigenvalue weighted by atomic mass is 9.80. The van der Waals surface area contributed by atoms with Crippen LogP contribution in [0.3, 0.4) is 0 Å². The molecule has 4 fully saturated rings. The summed E-state index contributed by atoms with van der Waals surface area (Å²) in [7, 11) is 1.80. The Morgan fingerprint density at radius 2 is 2.00 bits per heavy atom. The molecule has 8 nitrogen and oxygen atoms in total. The first kappa shape index (κ1) is 24.9. The van der Waals surface area contributed by atoms with E-state index in [1.54, 1.807) is 7.11 Å². The summed E-state index contributed by atoms with van der Waals surface area (Å²) in [5.41, 5.74) is 6.72. The van der Waals surface area contributed by atoms with Crippen LogP contribution in [0.25, 0.3) is 0 Å². The Morgan fingerprint density at radius 3 is 2.73 bits per heavy atom. The van der Waals surface area contributed by atoms with Gasteiger partial charge in [0, 0.05) is 26.7 Å². The quantitative estimate of drug-likeness (QED) is 0.509. The fourth-order valence-corrected chi connectivity index (χ4v) is 6.49. The molecule has 0 aromatic heterocycles. The van der Waals surface area contributed by atoms with Gasteiger partial charge < -0.3 is 20.7 Å². The number of fused-ring (bicyclic) bond motifs is 2. The number of hydrogen-bond acceptors (Lipinski definition) is 6. The maximum Gasteiger partial charge on any atom is 0.229 e. The highest BCUT2D eigenvalue weighted by atomic mass is 16.5. The number of nitrogens with one attached hydrogen (secondary N) is 2. The number of unbranched alkanes of at least 4 members (excludes halogenated alkanes) is 1. The van der Waals surface area contributed by atoms with Crippen molar-refractivity contribution in [2.75, 3.05) is 26.7 Å². The van der Waals surface area contributed by atoms with Gasteiger partial charge in [0.2, 0.25) is 11.8 Å². The predicted octanol–water partition coefficient (Wildman–Crippen LogP) is 1.99. The Kier molecular flexibility index (Phi) is 8.65. The SMILES string of the molecule is CCCCN1C(N)C(C(=O)NCCC2CCC(OC)CC2)CC2C(=O)N3CCCCC3NC21. The van der Waals surface area contributed by atoms with E-state index in [0.29, 0.717) is 25.0 Å². The molecule has 4 rings (SSSR count). The molecule has 33 heavy (non-hydrogen) atoms. The Morgan fingerprint density at radius 1 is 1.21 bits per heavy atom.